The zero-order valence-corrected chi connectivity index (χ0v) is 13.1. The van der Waals surface area contributed by atoms with Crippen molar-refractivity contribution in [2.24, 2.45) is 5.92 Å². The lowest BCUT2D eigenvalue weighted by atomic mass is 10.2. The van der Waals surface area contributed by atoms with Crippen LogP contribution in [0.15, 0.2) is 30.3 Å². The van der Waals surface area contributed by atoms with Gasteiger partial charge in [-0.25, -0.2) is 4.79 Å². The molecule has 0 aliphatic heterocycles. The van der Waals surface area contributed by atoms with Crippen LogP contribution in [0, 0.1) is 5.92 Å². The Morgan fingerprint density at radius 3 is 2.10 bits per heavy atom. The summed E-state index contributed by atoms with van der Waals surface area (Å²) < 4.78 is 5.09. The van der Waals surface area contributed by atoms with E-state index >= 15 is 0 Å². The van der Waals surface area contributed by atoms with Gasteiger partial charge in [-0.1, -0.05) is 18.2 Å². The molecule has 2 rings (SSSR count). The molecule has 116 valence electrons. The van der Waals surface area contributed by atoms with Crippen molar-refractivity contribution in [2.75, 3.05) is 12.4 Å². The van der Waals surface area contributed by atoms with Crippen molar-refractivity contribution in [1.29, 1.82) is 0 Å². The lowest BCUT2D eigenvalue weighted by molar-refractivity contribution is -0.121. The molecule has 0 atom stereocenters. The first kappa shape index (κ1) is 17.0. The maximum atomic E-state index is 11.3. The molecule has 1 aliphatic rings. The van der Waals surface area contributed by atoms with Crippen molar-refractivity contribution in [2.45, 2.75) is 39.2 Å². The van der Waals surface area contributed by atoms with Gasteiger partial charge in [0.15, 0.2) is 0 Å². The van der Waals surface area contributed by atoms with Crippen LogP contribution in [0.2, 0.25) is 0 Å². The first-order chi connectivity index (χ1) is 9.81. The van der Waals surface area contributed by atoms with E-state index in [-0.39, 0.29) is 5.91 Å². The van der Waals surface area contributed by atoms with Gasteiger partial charge < -0.3 is 10.1 Å². The van der Waals surface area contributed by atoms with E-state index < -0.39 is 11.7 Å². The Morgan fingerprint density at radius 2 is 1.71 bits per heavy atom. The number of ether oxygens (including phenoxy) is 1. The van der Waals surface area contributed by atoms with E-state index in [4.69, 9.17) is 4.74 Å². The van der Waals surface area contributed by atoms with Crippen molar-refractivity contribution >= 4 is 17.7 Å². The zero-order valence-electron chi connectivity index (χ0n) is 13.1. The van der Waals surface area contributed by atoms with Gasteiger partial charge in [0.1, 0.15) is 5.60 Å². The van der Waals surface area contributed by atoms with E-state index in [9.17, 15) is 9.59 Å². The molecular weight excluding hydrogens is 268 g/mol. The molecule has 0 saturated heterocycles. The van der Waals surface area contributed by atoms with Gasteiger partial charge in [0.25, 0.3) is 0 Å². The van der Waals surface area contributed by atoms with Gasteiger partial charge in [-0.05, 0) is 45.7 Å². The van der Waals surface area contributed by atoms with Crippen molar-refractivity contribution in [3.05, 3.63) is 30.3 Å². The molecule has 5 nitrogen and oxygen atoms in total. The molecule has 21 heavy (non-hydrogen) atoms. The number of para-hydroxylation sites is 1. The van der Waals surface area contributed by atoms with Gasteiger partial charge >= 0.3 is 6.09 Å². The third-order valence-electron chi connectivity index (χ3n) is 2.61. The molecule has 2 amide bonds. The summed E-state index contributed by atoms with van der Waals surface area (Å²) in [5, 5.41) is 5.23. The number of hydrogen-bond acceptors (Lipinski definition) is 3. The first-order valence-electron chi connectivity index (χ1n) is 7.08. The molecule has 0 aromatic heterocycles. The van der Waals surface area contributed by atoms with Gasteiger partial charge in [0, 0.05) is 18.7 Å². The average molecular weight is 292 g/mol. The fourth-order valence-electron chi connectivity index (χ4n) is 1.49. The Hall–Kier alpha value is -2.04. The fraction of sp³-hybridized carbons (Fsp3) is 0.500. The first-order valence-corrected chi connectivity index (χ1v) is 7.08. The summed E-state index contributed by atoms with van der Waals surface area (Å²) in [6.45, 7) is 5.49. The molecule has 0 heterocycles. The molecule has 5 heteroatoms. The van der Waals surface area contributed by atoms with Crippen LogP contribution in [-0.4, -0.2) is 24.6 Å². The highest BCUT2D eigenvalue weighted by Gasteiger charge is 2.28. The molecule has 1 saturated carbocycles. The summed E-state index contributed by atoms with van der Waals surface area (Å²) in [5.41, 5.74) is 0.278. The SMILES string of the molecule is CC(C)(C)OC(=O)Nc1ccccc1.CNC(=O)C1CC1. The molecule has 0 radical (unpaired) electrons. The number of hydrogen-bond donors (Lipinski definition) is 2. The minimum atomic E-state index is -0.459. The van der Waals surface area contributed by atoms with Gasteiger partial charge in [-0.3, -0.25) is 10.1 Å². The average Bonchev–Trinajstić information content (AvgIpc) is 3.21. The number of carbonyl (C=O) groups excluding carboxylic acids is 2. The Labute approximate surface area is 126 Å². The smallest absolute Gasteiger partial charge is 0.412 e. The fourth-order valence-corrected chi connectivity index (χ4v) is 1.49. The predicted octanol–water partition coefficient (Wildman–Crippen LogP) is 3.18. The summed E-state index contributed by atoms with van der Waals surface area (Å²) >= 11 is 0. The molecule has 1 aliphatic carbocycles. The maximum absolute atomic E-state index is 11.3. The van der Waals surface area contributed by atoms with Gasteiger partial charge in [0.2, 0.25) is 5.91 Å². The standard InChI is InChI=1S/C11H15NO2.C5H9NO/c1-11(2,3)14-10(13)12-9-7-5-4-6-8-9;1-6-5(7)4-2-3-4/h4-8H,1-3H3,(H,12,13);4H,2-3H2,1H3,(H,6,7). The summed E-state index contributed by atoms with van der Waals surface area (Å²) in [6.07, 6.45) is 1.77. The minimum Gasteiger partial charge on any atom is -0.444 e. The van der Waals surface area contributed by atoms with Crippen molar-refractivity contribution < 1.29 is 14.3 Å². The molecule has 0 spiro atoms. The molecule has 0 bridgehead atoms. The highest BCUT2D eigenvalue weighted by Crippen LogP contribution is 2.28. The van der Waals surface area contributed by atoms with Crippen LogP contribution in [0.4, 0.5) is 10.5 Å². The Balaban J connectivity index is 0.000000262. The normalized spacial score (nSPS) is 13.5. The van der Waals surface area contributed by atoms with Crippen LogP contribution < -0.4 is 10.6 Å². The lowest BCUT2D eigenvalue weighted by Gasteiger charge is -2.19. The van der Waals surface area contributed by atoms with Crippen LogP contribution in [0.3, 0.4) is 0 Å². The molecule has 2 N–H and O–H groups in total. The van der Waals surface area contributed by atoms with Crippen LogP contribution in [0.1, 0.15) is 33.6 Å². The largest absolute Gasteiger partial charge is 0.444 e. The van der Waals surface area contributed by atoms with Gasteiger partial charge in [-0.2, -0.15) is 0 Å². The maximum Gasteiger partial charge on any atom is 0.412 e. The number of anilines is 1. The second-order valence-corrected chi connectivity index (χ2v) is 5.88. The third-order valence-corrected chi connectivity index (χ3v) is 2.61. The van der Waals surface area contributed by atoms with Crippen LogP contribution in [0.5, 0.6) is 0 Å². The third kappa shape index (κ3) is 7.97. The van der Waals surface area contributed by atoms with Gasteiger partial charge in [-0.15, -0.1) is 0 Å². The summed E-state index contributed by atoms with van der Waals surface area (Å²) in [6, 6.07) is 9.22. The van der Waals surface area contributed by atoms with E-state index in [0.29, 0.717) is 5.92 Å². The predicted molar refractivity (Wildman–Crippen MR) is 83.1 cm³/mol. The second kappa shape index (κ2) is 7.67. The number of rotatable bonds is 2. The second-order valence-electron chi connectivity index (χ2n) is 5.88. The van der Waals surface area contributed by atoms with E-state index in [2.05, 4.69) is 10.6 Å². The van der Waals surface area contributed by atoms with Gasteiger partial charge in [0.05, 0.1) is 0 Å². The van der Waals surface area contributed by atoms with Crippen LogP contribution >= 0.6 is 0 Å². The van der Waals surface area contributed by atoms with Crippen molar-refractivity contribution in [3.8, 4) is 0 Å². The Kier molecular flexibility index (Phi) is 6.21. The quantitative estimate of drug-likeness (QED) is 0.879. The Morgan fingerprint density at radius 1 is 1.14 bits per heavy atom. The van der Waals surface area contributed by atoms with E-state index in [1.165, 1.54) is 0 Å². The minimum absolute atomic E-state index is 0.208. The number of amides is 2. The summed E-state index contributed by atoms with van der Waals surface area (Å²) in [5.74, 6) is 0.574. The number of carbonyl (C=O) groups is 2. The van der Waals surface area contributed by atoms with Crippen molar-refractivity contribution in [3.63, 3.8) is 0 Å². The van der Waals surface area contributed by atoms with E-state index in [0.717, 1.165) is 18.5 Å². The zero-order chi connectivity index (χ0) is 15.9. The number of nitrogens with one attached hydrogen (secondary N) is 2. The van der Waals surface area contributed by atoms with E-state index in [1.54, 1.807) is 7.05 Å². The highest BCUT2D eigenvalue weighted by molar-refractivity contribution is 5.84. The molecule has 1 aromatic carbocycles. The molecule has 1 aromatic rings. The highest BCUT2D eigenvalue weighted by atomic mass is 16.6. The molecular formula is C16H24N2O3. The van der Waals surface area contributed by atoms with Crippen LogP contribution in [-0.2, 0) is 9.53 Å². The molecule has 1 fully saturated rings. The summed E-state index contributed by atoms with van der Waals surface area (Å²) in [7, 11) is 1.68. The Bertz CT molecular complexity index is 462. The summed E-state index contributed by atoms with van der Waals surface area (Å²) in [4.78, 5) is 21.8. The monoisotopic (exact) mass is 292 g/mol. The van der Waals surface area contributed by atoms with Crippen molar-refractivity contribution in [1.82, 2.24) is 5.32 Å². The lowest BCUT2D eigenvalue weighted by Crippen LogP contribution is -2.27. The molecule has 0 unspecified atom stereocenters. The topological polar surface area (TPSA) is 67.4 Å². The number of benzene rings is 1. The van der Waals surface area contributed by atoms with Crippen LogP contribution in [0.25, 0.3) is 0 Å². The van der Waals surface area contributed by atoms with E-state index in [1.807, 2.05) is 51.1 Å².